The van der Waals surface area contributed by atoms with Crippen molar-refractivity contribution in [1.29, 1.82) is 0 Å². The smallest absolute Gasteiger partial charge is 0.251 e. The maximum Gasteiger partial charge on any atom is 0.251 e. The van der Waals surface area contributed by atoms with Crippen LogP contribution in [0.25, 0.3) is 10.6 Å². The minimum atomic E-state index is -0.115. The van der Waals surface area contributed by atoms with E-state index in [1.54, 1.807) is 23.5 Å². The Balaban J connectivity index is 2.04. The zero-order chi connectivity index (χ0) is 13.7. The molecular formula is C14H16N2O2S. The van der Waals surface area contributed by atoms with Crippen LogP contribution in [0, 0.1) is 6.92 Å². The number of hydrogen-bond acceptors (Lipinski definition) is 4. The summed E-state index contributed by atoms with van der Waals surface area (Å²) in [7, 11) is 0. The number of carbonyl (C=O) groups excluding carboxylic acids is 1. The molecule has 1 aromatic heterocycles. The summed E-state index contributed by atoms with van der Waals surface area (Å²) in [4.78, 5) is 16.2. The van der Waals surface area contributed by atoms with E-state index in [9.17, 15) is 4.79 Å². The van der Waals surface area contributed by atoms with Gasteiger partial charge in [-0.3, -0.25) is 4.79 Å². The monoisotopic (exact) mass is 276 g/mol. The Bertz CT molecular complexity index is 549. The second-order valence-electron chi connectivity index (χ2n) is 4.20. The van der Waals surface area contributed by atoms with Crippen LogP contribution in [-0.4, -0.2) is 29.1 Å². The summed E-state index contributed by atoms with van der Waals surface area (Å²) in [5, 5.41) is 14.4. The topological polar surface area (TPSA) is 62.2 Å². The molecule has 1 amide bonds. The fourth-order valence-electron chi connectivity index (χ4n) is 1.63. The first-order valence-corrected chi connectivity index (χ1v) is 7.00. The summed E-state index contributed by atoms with van der Waals surface area (Å²) in [6, 6.07) is 7.39. The van der Waals surface area contributed by atoms with Crippen molar-refractivity contribution in [3.05, 3.63) is 40.9 Å². The summed E-state index contributed by atoms with van der Waals surface area (Å²) >= 11 is 1.59. The van der Waals surface area contributed by atoms with Crippen molar-refractivity contribution in [3.63, 3.8) is 0 Å². The zero-order valence-electron chi connectivity index (χ0n) is 10.7. The third-order valence-electron chi connectivity index (χ3n) is 2.63. The summed E-state index contributed by atoms with van der Waals surface area (Å²) in [6.07, 6.45) is 0.572. The maximum atomic E-state index is 11.8. The molecule has 0 saturated carbocycles. The van der Waals surface area contributed by atoms with Gasteiger partial charge in [-0.05, 0) is 25.5 Å². The molecule has 0 aliphatic carbocycles. The lowest BCUT2D eigenvalue weighted by molar-refractivity contribution is 0.0951. The number of aryl methyl sites for hydroxylation is 1. The van der Waals surface area contributed by atoms with E-state index >= 15 is 0 Å². The maximum absolute atomic E-state index is 11.8. The lowest BCUT2D eigenvalue weighted by Crippen LogP contribution is -2.24. The number of nitrogens with one attached hydrogen (secondary N) is 1. The van der Waals surface area contributed by atoms with Gasteiger partial charge in [0.15, 0.2) is 0 Å². The Labute approximate surface area is 116 Å². The average molecular weight is 276 g/mol. The number of aliphatic hydroxyl groups is 1. The van der Waals surface area contributed by atoms with Crippen LogP contribution in [-0.2, 0) is 0 Å². The number of nitrogens with zero attached hydrogens (tertiary/aromatic N) is 1. The van der Waals surface area contributed by atoms with Gasteiger partial charge in [0.1, 0.15) is 5.01 Å². The van der Waals surface area contributed by atoms with Gasteiger partial charge in [0.25, 0.3) is 5.91 Å². The van der Waals surface area contributed by atoms with E-state index in [4.69, 9.17) is 5.11 Å². The van der Waals surface area contributed by atoms with Gasteiger partial charge in [-0.25, -0.2) is 4.98 Å². The van der Waals surface area contributed by atoms with Gasteiger partial charge in [-0.2, -0.15) is 0 Å². The SMILES string of the molecule is Cc1csc(-c2ccc(C(=O)NCCCO)cc2)n1. The quantitative estimate of drug-likeness (QED) is 0.823. The van der Waals surface area contributed by atoms with Crippen LogP contribution in [0.3, 0.4) is 0 Å². The second kappa shape index (κ2) is 6.45. The van der Waals surface area contributed by atoms with Crippen molar-refractivity contribution in [2.75, 3.05) is 13.2 Å². The van der Waals surface area contributed by atoms with Crippen LogP contribution in [0.2, 0.25) is 0 Å². The first-order chi connectivity index (χ1) is 9.20. The van der Waals surface area contributed by atoms with Gasteiger partial charge in [-0.15, -0.1) is 11.3 Å². The molecule has 100 valence electrons. The summed E-state index contributed by atoms with van der Waals surface area (Å²) in [6.45, 7) is 2.54. The van der Waals surface area contributed by atoms with E-state index in [1.807, 2.05) is 24.4 Å². The van der Waals surface area contributed by atoms with Gasteiger partial charge >= 0.3 is 0 Å². The number of benzene rings is 1. The van der Waals surface area contributed by atoms with E-state index < -0.39 is 0 Å². The highest BCUT2D eigenvalue weighted by molar-refractivity contribution is 7.13. The molecule has 2 N–H and O–H groups in total. The first kappa shape index (κ1) is 13.7. The number of aliphatic hydroxyl groups excluding tert-OH is 1. The van der Waals surface area contributed by atoms with Crippen LogP contribution in [0.5, 0.6) is 0 Å². The van der Waals surface area contributed by atoms with Crippen molar-refractivity contribution in [2.45, 2.75) is 13.3 Å². The molecule has 2 aromatic rings. The minimum absolute atomic E-state index is 0.0859. The molecule has 19 heavy (non-hydrogen) atoms. The number of thiazole rings is 1. The molecule has 0 bridgehead atoms. The molecule has 1 aromatic carbocycles. The zero-order valence-corrected chi connectivity index (χ0v) is 11.5. The molecule has 5 heteroatoms. The Morgan fingerprint density at radius 2 is 2.11 bits per heavy atom. The molecule has 0 saturated heterocycles. The number of aromatic nitrogens is 1. The van der Waals surface area contributed by atoms with Crippen molar-refractivity contribution in [2.24, 2.45) is 0 Å². The van der Waals surface area contributed by atoms with Gasteiger partial charge in [0, 0.05) is 35.4 Å². The van der Waals surface area contributed by atoms with Crippen molar-refractivity contribution in [1.82, 2.24) is 10.3 Å². The molecular weight excluding hydrogens is 260 g/mol. The highest BCUT2D eigenvalue weighted by Crippen LogP contribution is 2.23. The molecule has 0 spiro atoms. The van der Waals surface area contributed by atoms with Crippen LogP contribution < -0.4 is 5.32 Å². The number of amides is 1. The van der Waals surface area contributed by atoms with Crippen molar-refractivity contribution in [3.8, 4) is 10.6 Å². The molecule has 0 aliphatic heterocycles. The van der Waals surface area contributed by atoms with E-state index in [2.05, 4.69) is 10.3 Å². The Morgan fingerprint density at radius 1 is 1.37 bits per heavy atom. The highest BCUT2D eigenvalue weighted by Gasteiger charge is 2.06. The summed E-state index contributed by atoms with van der Waals surface area (Å²) in [5.41, 5.74) is 2.64. The number of rotatable bonds is 5. The molecule has 1 heterocycles. The van der Waals surface area contributed by atoms with Crippen molar-refractivity contribution < 1.29 is 9.90 Å². The Hall–Kier alpha value is -1.72. The van der Waals surface area contributed by atoms with E-state index in [0.717, 1.165) is 16.3 Å². The Kier molecular flexibility index (Phi) is 4.65. The average Bonchev–Trinajstić information content (AvgIpc) is 2.86. The van der Waals surface area contributed by atoms with E-state index in [1.165, 1.54) is 0 Å². The molecule has 0 radical (unpaired) electrons. The van der Waals surface area contributed by atoms with Gasteiger partial charge in [-0.1, -0.05) is 12.1 Å². The fraction of sp³-hybridized carbons (Fsp3) is 0.286. The standard InChI is InChI=1S/C14H16N2O2S/c1-10-9-19-14(16-10)12-5-3-11(4-6-12)13(18)15-7-2-8-17/h3-6,9,17H,2,7-8H2,1H3,(H,15,18). The van der Waals surface area contributed by atoms with Crippen LogP contribution >= 0.6 is 11.3 Å². The fourth-order valence-corrected chi connectivity index (χ4v) is 2.44. The predicted octanol–water partition coefficient (Wildman–Crippen LogP) is 2.23. The second-order valence-corrected chi connectivity index (χ2v) is 5.06. The third kappa shape index (κ3) is 3.62. The van der Waals surface area contributed by atoms with Crippen molar-refractivity contribution >= 4 is 17.2 Å². The van der Waals surface area contributed by atoms with Gasteiger partial charge in [0.2, 0.25) is 0 Å². The van der Waals surface area contributed by atoms with Crippen LogP contribution in [0.1, 0.15) is 22.5 Å². The summed E-state index contributed by atoms with van der Waals surface area (Å²) in [5.74, 6) is -0.115. The van der Waals surface area contributed by atoms with Crippen LogP contribution in [0.15, 0.2) is 29.6 Å². The largest absolute Gasteiger partial charge is 0.396 e. The molecule has 0 fully saturated rings. The molecule has 2 rings (SSSR count). The molecule has 0 unspecified atom stereocenters. The normalized spacial score (nSPS) is 10.4. The molecule has 0 aliphatic rings. The molecule has 0 atom stereocenters. The highest BCUT2D eigenvalue weighted by atomic mass is 32.1. The lowest BCUT2D eigenvalue weighted by Gasteiger charge is -2.04. The number of hydrogen-bond donors (Lipinski definition) is 2. The van der Waals surface area contributed by atoms with Crippen LogP contribution in [0.4, 0.5) is 0 Å². The van der Waals surface area contributed by atoms with E-state index in [-0.39, 0.29) is 12.5 Å². The predicted molar refractivity (Wildman–Crippen MR) is 76.3 cm³/mol. The third-order valence-corrected chi connectivity index (χ3v) is 3.64. The Morgan fingerprint density at radius 3 is 2.68 bits per heavy atom. The van der Waals surface area contributed by atoms with E-state index in [0.29, 0.717) is 18.5 Å². The first-order valence-electron chi connectivity index (χ1n) is 6.12. The minimum Gasteiger partial charge on any atom is -0.396 e. The summed E-state index contributed by atoms with van der Waals surface area (Å²) < 4.78 is 0. The van der Waals surface area contributed by atoms with Gasteiger partial charge in [0.05, 0.1) is 0 Å². The number of carbonyl (C=O) groups is 1. The van der Waals surface area contributed by atoms with Gasteiger partial charge < -0.3 is 10.4 Å². The molecule has 4 nitrogen and oxygen atoms in total. The lowest BCUT2D eigenvalue weighted by atomic mass is 10.1.